The number of carbonyl (C=O) groups excluding carboxylic acids is 1. The molecule has 2 aliphatic rings. The van der Waals surface area contributed by atoms with Crippen LogP contribution in [0.1, 0.15) is 29.7 Å². The van der Waals surface area contributed by atoms with Crippen LogP contribution in [0.15, 0.2) is 11.2 Å². The van der Waals surface area contributed by atoms with E-state index < -0.39 is 0 Å². The maximum atomic E-state index is 12.7. The van der Waals surface area contributed by atoms with Gasteiger partial charge in [0.2, 0.25) is 5.91 Å². The number of rotatable bonds is 5. The lowest BCUT2D eigenvalue weighted by atomic mass is 9.95. The van der Waals surface area contributed by atoms with Crippen LogP contribution in [0.3, 0.4) is 0 Å². The van der Waals surface area contributed by atoms with E-state index in [-0.39, 0.29) is 5.92 Å². The normalized spacial score (nSPS) is 19.4. The zero-order valence-corrected chi connectivity index (χ0v) is 17.3. The van der Waals surface area contributed by atoms with E-state index in [2.05, 4.69) is 29.0 Å². The number of aryl methyl sites for hydroxylation is 1. The zero-order valence-electron chi connectivity index (χ0n) is 16.4. The number of aliphatic imine (C=N–C) groups is 1. The van der Waals surface area contributed by atoms with Gasteiger partial charge in [-0.15, -0.1) is 11.3 Å². The third-order valence-electron chi connectivity index (χ3n) is 5.06. The van der Waals surface area contributed by atoms with Crippen molar-refractivity contribution in [3.63, 3.8) is 0 Å². The van der Waals surface area contributed by atoms with E-state index in [1.54, 1.807) is 11.3 Å². The lowest BCUT2D eigenvalue weighted by Crippen LogP contribution is -2.50. The van der Waals surface area contributed by atoms with Crippen LogP contribution in [0, 0.1) is 12.8 Å². The number of amides is 1. The van der Waals surface area contributed by atoms with Gasteiger partial charge in [0.1, 0.15) is 0 Å². The monoisotopic (exact) mass is 393 g/mol. The third-order valence-corrected chi connectivity index (χ3v) is 6.03. The first kappa shape index (κ1) is 20.1. The van der Waals surface area contributed by atoms with Gasteiger partial charge in [-0.05, 0) is 26.7 Å². The molecule has 8 heteroatoms. The number of piperidine rings is 1. The van der Waals surface area contributed by atoms with Crippen LogP contribution in [0.4, 0.5) is 0 Å². The number of aromatic nitrogens is 1. The van der Waals surface area contributed by atoms with Gasteiger partial charge in [-0.1, -0.05) is 0 Å². The molecular formula is C19H31N5O2S. The summed E-state index contributed by atoms with van der Waals surface area (Å²) in [5.41, 5.74) is 0. The fraction of sp³-hybridized carbons (Fsp3) is 0.737. The van der Waals surface area contributed by atoms with E-state index in [0.717, 1.165) is 69.5 Å². The molecular weight excluding hydrogens is 362 g/mol. The van der Waals surface area contributed by atoms with Crippen LogP contribution in [0.2, 0.25) is 0 Å². The van der Waals surface area contributed by atoms with E-state index >= 15 is 0 Å². The lowest BCUT2D eigenvalue weighted by Gasteiger charge is -2.36. The number of hydrogen-bond acceptors (Lipinski definition) is 5. The quantitative estimate of drug-likeness (QED) is 0.607. The van der Waals surface area contributed by atoms with Crippen molar-refractivity contribution in [2.75, 3.05) is 52.5 Å². The van der Waals surface area contributed by atoms with Gasteiger partial charge in [0.05, 0.1) is 18.2 Å². The third kappa shape index (κ3) is 5.65. The van der Waals surface area contributed by atoms with Crippen molar-refractivity contribution < 1.29 is 9.53 Å². The molecule has 2 aliphatic heterocycles. The molecule has 0 saturated carbocycles. The minimum absolute atomic E-state index is 0.139. The molecule has 0 unspecified atom stereocenters. The van der Waals surface area contributed by atoms with Crippen molar-refractivity contribution in [1.29, 1.82) is 0 Å². The molecule has 0 atom stereocenters. The molecule has 0 bridgehead atoms. The Morgan fingerprint density at radius 2 is 2.04 bits per heavy atom. The standard InChI is InChI=1S/C19H31N5O2S/c1-3-20-19(21-7-4-17-22-14-15(2)27-17)24-8-5-16(6-9-24)18(25)23-10-12-26-13-11-23/h14,16H,3-13H2,1-2H3,(H,20,21). The van der Waals surface area contributed by atoms with E-state index in [4.69, 9.17) is 9.73 Å². The number of morpholine rings is 1. The molecule has 0 radical (unpaired) electrons. The average molecular weight is 394 g/mol. The Bertz CT molecular complexity index is 634. The van der Waals surface area contributed by atoms with Crippen molar-refractivity contribution in [3.8, 4) is 0 Å². The fourth-order valence-corrected chi connectivity index (χ4v) is 4.36. The smallest absolute Gasteiger partial charge is 0.225 e. The minimum Gasteiger partial charge on any atom is -0.378 e. The van der Waals surface area contributed by atoms with Gasteiger partial charge in [0.15, 0.2) is 5.96 Å². The molecule has 27 heavy (non-hydrogen) atoms. The fourth-order valence-electron chi connectivity index (χ4n) is 3.58. The van der Waals surface area contributed by atoms with Crippen LogP contribution in [0.25, 0.3) is 0 Å². The highest BCUT2D eigenvalue weighted by Crippen LogP contribution is 2.20. The number of hydrogen-bond donors (Lipinski definition) is 1. The minimum atomic E-state index is 0.139. The number of nitrogens with zero attached hydrogens (tertiary/aromatic N) is 4. The molecule has 1 amide bonds. The number of carbonyl (C=O) groups is 1. The summed E-state index contributed by atoms with van der Waals surface area (Å²) < 4.78 is 5.35. The van der Waals surface area contributed by atoms with E-state index in [1.165, 1.54) is 4.88 Å². The molecule has 3 heterocycles. The van der Waals surface area contributed by atoms with Gasteiger partial charge in [0, 0.05) is 62.7 Å². The number of ether oxygens (including phenoxy) is 1. The van der Waals surface area contributed by atoms with Crippen molar-refractivity contribution in [3.05, 3.63) is 16.1 Å². The molecule has 3 rings (SSSR count). The summed E-state index contributed by atoms with van der Waals surface area (Å²) in [6.45, 7) is 10.3. The second kappa shape index (κ2) is 10.0. The number of guanidine groups is 1. The van der Waals surface area contributed by atoms with Crippen LogP contribution >= 0.6 is 11.3 Å². The van der Waals surface area contributed by atoms with Gasteiger partial charge in [-0.25, -0.2) is 4.98 Å². The summed E-state index contributed by atoms with van der Waals surface area (Å²) in [6.07, 6.45) is 4.59. The van der Waals surface area contributed by atoms with Crippen molar-refractivity contribution in [1.82, 2.24) is 20.1 Å². The van der Waals surface area contributed by atoms with Gasteiger partial charge in [-0.2, -0.15) is 0 Å². The van der Waals surface area contributed by atoms with Crippen molar-refractivity contribution in [2.24, 2.45) is 10.9 Å². The van der Waals surface area contributed by atoms with Crippen LogP contribution in [-0.2, 0) is 16.0 Å². The topological polar surface area (TPSA) is 70.1 Å². The molecule has 2 saturated heterocycles. The summed E-state index contributed by atoms with van der Waals surface area (Å²) in [6, 6.07) is 0. The highest BCUT2D eigenvalue weighted by atomic mass is 32.1. The number of thiazole rings is 1. The number of likely N-dealkylation sites (tertiary alicyclic amines) is 1. The first-order valence-corrected chi connectivity index (χ1v) is 10.8. The lowest BCUT2D eigenvalue weighted by molar-refractivity contribution is -0.140. The first-order valence-electron chi connectivity index (χ1n) is 9.98. The Morgan fingerprint density at radius 3 is 2.67 bits per heavy atom. The molecule has 1 aromatic heterocycles. The largest absolute Gasteiger partial charge is 0.378 e. The summed E-state index contributed by atoms with van der Waals surface area (Å²) in [4.78, 5) is 27.4. The highest BCUT2D eigenvalue weighted by Gasteiger charge is 2.30. The second-order valence-electron chi connectivity index (χ2n) is 7.05. The SMILES string of the molecule is CCNC(=NCCc1ncc(C)s1)N1CCC(C(=O)N2CCOCC2)CC1. The maximum absolute atomic E-state index is 12.7. The maximum Gasteiger partial charge on any atom is 0.225 e. The molecule has 0 aromatic carbocycles. The molecule has 150 valence electrons. The molecule has 0 spiro atoms. The van der Waals surface area contributed by atoms with Crippen LogP contribution < -0.4 is 5.32 Å². The molecule has 2 fully saturated rings. The molecule has 0 aliphatic carbocycles. The molecule has 1 aromatic rings. The predicted molar refractivity (Wildman–Crippen MR) is 108 cm³/mol. The van der Waals surface area contributed by atoms with Crippen LogP contribution in [-0.4, -0.2) is 79.1 Å². The second-order valence-corrected chi connectivity index (χ2v) is 8.37. The van der Waals surface area contributed by atoms with Crippen molar-refractivity contribution >= 4 is 23.2 Å². The Hall–Kier alpha value is -1.67. The Kier molecular flexibility index (Phi) is 7.46. The Labute approximate surface area is 165 Å². The van der Waals surface area contributed by atoms with E-state index in [1.807, 2.05) is 11.1 Å². The van der Waals surface area contributed by atoms with E-state index in [0.29, 0.717) is 19.1 Å². The van der Waals surface area contributed by atoms with Crippen LogP contribution in [0.5, 0.6) is 0 Å². The Balaban J connectivity index is 1.50. The zero-order chi connectivity index (χ0) is 19.1. The van der Waals surface area contributed by atoms with E-state index in [9.17, 15) is 4.79 Å². The summed E-state index contributed by atoms with van der Waals surface area (Å²) >= 11 is 1.74. The van der Waals surface area contributed by atoms with Gasteiger partial charge in [0.25, 0.3) is 0 Å². The molecule has 7 nitrogen and oxygen atoms in total. The Morgan fingerprint density at radius 1 is 1.30 bits per heavy atom. The number of nitrogens with one attached hydrogen (secondary N) is 1. The van der Waals surface area contributed by atoms with Gasteiger partial charge < -0.3 is 19.9 Å². The summed E-state index contributed by atoms with van der Waals surface area (Å²) in [7, 11) is 0. The summed E-state index contributed by atoms with van der Waals surface area (Å²) in [5, 5.41) is 4.54. The molecule has 1 N–H and O–H groups in total. The summed E-state index contributed by atoms with van der Waals surface area (Å²) in [5.74, 6) is 1.41. The highest BCUT2D eigenvalue weighted by molar-refractivity contribution is 7.11. The average Bonchev–Trinajstić information content (AvgIpc) is 3.13. The van der Waals surface area contributed by atoms with Gasteiger partial charge in [-0.3, -0.25) is 9.79 Å². The first-order chi connectivity index (χ1) is 13.2. The predicted octanol–water partition coefficient (Wildman–Crippen LogP) is 1.53. The van der Waals surface area contributed by atoms with Crippen molar-refractivity contribution in [2.45, 2.75) is 33.1 Å². The van der Waals surface area contributed by atoms with Gasteiger partial charge >= 0.3 is 0 Å².